The van der Waals surface area contributed by atoms with E-state index in [4.69, 9.17) is 4.98 Å². The zero-order valence-corrected chi connectivity index (χ0v) is 19.6. The largest absolute Gasteiger partial charge is 0.254 e. The van der Waals surface area contributed by atoms with Gasteiger partial charge >= 0.3 is 0 Å². The first kappa shape index (κ1) is 21.2. The van der Waals surface area contributed by atoms with Crippen molar-refractivity contribution in [1.82, 2.24) is 9.97 Å². The first-order chi connectivity index (χ1) is 16.3. The van der Waals surface area contributed by atoms with E-state index in [1.807, 2.05) is 25.4 Å². The second-order valence-corrected chi connectivity index (χ2v) is 11.7. The number of pyridine rings is 2. The Morgan fingerprint density at radius 1 is 0.515 bits per heavy atom. The van der Waals surface area contributed by atoms with Crippen LogP contribution in [0.1, 0.15) is 11.1 Å². The van der Waals surface area contributed by atoms with Crippen LogP contribution in [0.4, 0.5) is 0 Å². The second kappa shape index (κ2) is 9.48. The predicted molar refractivity (Wildman–Crippen MR) is 141 cm³/mol. The van der Waals surface area contributed by atoms with Gasteiger partial charge in [0.15, 0.2) is 0 Å². The van der Waals surface area contributed by atoms with Gasteiger partial charge in [0, 0.05) is 18.0 Å². The number of rotatable bonds is 6. The summed E-state index contributed by atoms with van der Waals surface area (Å²) in [5, 5.41) is 4.14. The lowest BCUT2D eigenvalue weighted by Crippen LogP contribution is -2.32. The van der Waals surface area contributed by atoms with Gasteiger partial charge in [-0.2, -0.15) is 0 Å². The van der Waals surface area contributed by atoms with Crippen molar-refractivity contribution in [3.8, 4) is 11.4 Å². The van der Waals surface area contributed by atoms with E-state index in [1.165, 1.54) is 21.5 Å². The number of benzene rings is 3. The monoisotopic (exact) mass is 445 g/mol. The predicted octanol–water partition coefficient (Wildman–Crippen LogP) is 5.95. The standard InChI is InChI=1S/C30H26N2P/c1-24-17-19-29(31-21-24)30-20-18-25(22-32-30)23-33(26-11-5-2-6-12-26,27-13-7-3-8-14-27)28-15-9-4-10-16-28/h2-22H,23H2,1H3/q+1. The summed E-state index contributed by atoms with van der Waals surface area (Å²) in [7, 11) is -1.92. The molecule has 2 aromatic heterocycles. The molecule has 3 aromatic carbocycles. The molecule has 0 unspecified atom stereocenters. The van der Waals surface area contributed by atoms with E-state index in [-0.39, 0.29) is 0 Å². The van der Waals surface area contributed by atoms with Crippen molar-refractivity contribution in [1.29, 1.82) is 0 Å². The smallest absolute Gasteiger partial charge is 0.116 e. The average molecular weight is 446 g/mol. The number of hydrogen-bond donors (Lipinski definition) is 0. The van der Waals surface area contributed by atoms with E-state index in [1.54, 1.807) is 0 Å². The molecule has 0 amide bonds. The molecule has 5 rings (SSSR count). The summed E-state index contributed by atoms with van der Waals surface area (Å²) >= 11 is 0. The molecule has 0 aliphatic rings. The van der Waals surface area contributed by atoms with Crippen LogP contribution < -0.4 is 15.9 Å². The van der Waals surface area contributed by atoms with Crippen molar-refractivity contribution in [2.75, 3.05) is 0 Å². The van der Waals surface area contributed by atoms with Gasteiger partial charge in [-0.25, -0.2) is 0 Å². The highest BCUT2D eigenvalue weighted by Crippen LogP contribution is 2.58. The quantitative estimate of drug-likeness (QED) is 0.302. The highest BCUT2D eigenvalue weighted by atomic mass is 31.2. The molecule has 0 bridgehead atoms. The fourth-order valence-corrected chi connectivity index (χ4v) is 8.55. The normalized spacial score (nSPS) is 11.3. The first-order valence-corrected chi connectivity index (χ1v) is 13.2. The van der Waals surface area contributed by atoms with Crippen LogP contribution in [0.2, 0.25) is 0 Å². The highest BCUT2D eigenvalue weighted by Gasteiger charge is 2.45. The van der Waals surface area contributed by atoms with Crippen molar-refractivity contribution in [3.63, 3.8) is 0 Å². The second-order valence-electron chi connectivity index (χ2n) is 8.25. The highest BCUT2D eigenvalue weighted by molar-refractivity contribution is 7.95. The lowest BCUT2D eigenvalue weighted by Gasteiger charge is -2.27. The number of hydrogen-bond acceptors (Lipinski definition) is 2. The molecule has 5 aromatic rings. The van der Waals surface area contributed by atoms with Crippen molar-refractivity contribution < 1.29 is 0 Å². The maximum Gasteiger partial charge on any atom is 0.116 e. The van der Waals surface area contributed by atoms with Gasteiger partial charge in [-0.05, 0) is 61.0 Å². The fraction of sp³-hybridized carbons (Fsp3) is 0.0667. The van der Waals surface area contributed by atoms with Gasteiger partial charge in [0.1, 0.15) is 23.2 Å². The molecular weight excluding hydrogens is 419 g/mol. The molecule has 0 spiro atoms. The summed E-state index contributed by atoms with van der Waals surface area (Å²) in [5.41, 5.74) is 4.19. The molecule has 160 valence electrons. The Morgan fingerprint density at radius 2 is 0.970 bits per heavy atom. The van der Waals surface area contributed by atoms with E-state index in [2.05, 4.69) is 114 Å². The Hall–Kier alpha value is -3.61. The van der Waals surface area contributed by atoms with Gasteiger partial charge in [0.2, 0.25) is 0 Å². The average Bonchev–Trinajstić information content (AvgIpc) is 2.90. The van der Waals surface area contributed by atoms with Crippen LogP contribution in [-0.2, 0) is 6.16 Å². The third-order valence-corrected chi connectivity index (χ3v) is 10.4. The van der Waals surface area contributed by atoms with E-state index in [0.717, 1.165) is 23.1 Å². The molecule has 2 heterocycles. The molecule has 0 atom stereocenters. The summed E-state index contributed by atoms with van der Waals surface area (Å²) in [6.45, 7) is 2.05. The Kier molecular flexibility index (Phi) is 6.11. The number of aryl methyl sites for hydroxylation is 1. The molecule has 0 radical (unpaired) electrons. The van der Waals surface area contributed by atoms with Crippen molar-refractivity contribution in [2.45, 2.75) is 13.1 Å². The van der Waals surface area contributed by atoms with Gasteiger partial charge in [0.05, 0.1) is 17.5 Å². The summed E-state index contributed by atoms with van der Waals surface area (Å²) in [6, 6.07) is 41.3. The lowest BCUT2D eigenvalue weighted by atomic mass is 10.2. The molecule has 0 aliphatic carbocycles. The molecule has 3 heteroatoms. The topological polar surface area (TPSA) is 25.8 Å². The molecule has 0 N–H and O–H groups in total. The minimum absolute atomic E-state index is 0.904. The molecule has 0 saturated heterocycles. The van der Waals surface area contributed by atoms with Crippen molar-refractivity contribution in [3.05, 3.63) is 139 Å². The van der Waals surface area contributed by atoms with Crippen LogP contribution in [0.5, 0.6) is 0 Å². The molecule has 0 aliphatic heterocycles. The van der Waals surface area contributed by atoms with Gasteiger partial charge in [0.25, 0.3) is 0 Å². The van der Waals surface area contributed by atoms with E-state index in [9.17, 15) is 0 Å². The van der Waals surface area contributed by atoms with Crippen LogP contribution in [-0.4, -0.2) is 9.97 Å². The zero-order valence-electron chi connectivity index (χ0n) is 18.7. The Labute approximate surface area is 196 Å². The van der Waals surface area contributed by atoms with E-state index in [0.29, 0.717) is 0 Å². The fourth-order valence-electron chi connectivity index (χ4n) is 4.33. The third-order valence-electron chi connectivity index (χ3n) is 6.01. The van der Waals surface area contributed by atoms with Crippen LogP contribution in [0.3, 0.4) is 0 Å². The summed E-state index contributed by atoms with van der Waals surface area (Å²) < 4.78 is 0. The third kappa shape index (κ3) is 4.35. The van der Waals surface area contributed by atoms with Crippen LogP contribution in [0.15, 0.2) is 128 Å². The first-order valence-electron chi connectivity index (χ1n) is 11.2. The van der Waals surface area contributed by atoms with Crippen molar-refractivity contribution in [2.24, 2.45) is 0 Å². The molecule has 0 saturated carbocycles. The van der Waals surface area contributed by atoms with Crippen LogP contribution in [0.25, 0.3) is 11.4 Å². The van der Waals surface area contributed by atoms with E-state index < -0.39 is 7.26 Å². The van der Waals surface area contributed by atoms with E-state index >= 15 is 0 Å². The Balaban J connectivity index is 1.63. The number of aromatic nitrogens is 2. The minimum atomic E-state index is -1.92. The molecular formula is C30H26N2P+. The zero-order chi connectivity index (χ0) is 22.5. The summed E-state index contributed by atoms with van der Waals surface area (Å²) in [6.07, 6.45) is 4.84. The maximum absolute atomic E-state index is 4.80. The SMILES string of the molecule is Cc1ccc(-c2ccc(C[P+](c3ccccc3)(c3ccccc3)c3ccccc3)cn2)nc1. The molecule has 33 heavy (non-hydrogen) atoms. The lowest BCUT2D eigenvalue weighted by molar-refractivity contribution is 1.20. The Morgan fingerprint density at radius 3 is 1.36 bits per heavy atom. The van der Waals surface area contributed by atoms with Gasteiger partial charge in [-0.15, -0.1) is 0 Å². The van der Waals surface area contributed by atoms with Gasteiger partial charge < -0.3 is 0 Å². The minimum Gasteiger partial charge on any atom is -0.254 e. The summed E-state index contributed by atoms with van der Waals surface area (Å²) in [4.78, 5) is 9.34. The molecule has 0 fully saturated rings. The van der Waals surface area contributed by atoms with Crippen LogP contribution >= 0.6 is 7.26 Å². The number of nitrogens with zero attached hydrogens (tertiary/aromatic N) is 2. The Bertz CT molecular complexity index is 1200. The summed E-state index contributed by atoms with van der Waals surface area (Å²) in [5.74, 6) is 0. The van der Waals surface area contributed by atoms with Crippen LogP contribution in [0, 0.1) is 6.92 Å². The maximum atomic E-state index is 4.80. The van der Waals surface area contributed by atoms with Gasteiger partial charge in [-0.1, -0.05) is 66.7 Å². The van der Waals surface area contributed by atoms with Crippen molar-refractivity contribution >= 4 is 23.2 Å². The van der Waals surface area contributed by atoms with Gasteiger partial charge in [-0.3, -0.25) is 9.97 Å². The molecule has 2 nitrogen and oxygen atoms in total.